The third-order valence-electron chi connectivity index (χ3n) is 4.91. The van der Waals surface area contributed by atoms with Crippen LogP contribution in [-0.4, -0.2) is 61.2 Å². The Kier molecular flexibility index (Phi) is 5.60. The van der Waals surface area contributed by atoms with Crippen LogP contribution in [0.4, 0.5) is 10.2 Å². The van der Waals surface area contributed by atoms with E-state index in [4.69, 9.17) is 4.74 Å². The fraction of sp³-hybridized carbons (Fsp3) is 0.250. The van der Waals surface area contributed by atoms with Crippen molar-refractivity contribution >= 4 is 15.8 Å². The van der Waals surface area contributed by atoms with Gasteiger partial charge in [-0.1, -0.05) is 0 Å². The van der Waals surface area contributed by atoms with Crippen molar-refractivity contribution in [1.82, 2.24) is 19.5 Å². The number of nitrogens with zero attached hydrogens (tertiary/aromatic N) is 5. The molecule has 0 spiro atoms. The molecule has 1 aliphatic heterocycles. The summed E-state index contributed by atoms with van der Waals surface area (Å²) < 4.78 is 46.1. The number of rotatable bonds is 5. The van der Waals surface area contributed by atoms with Gasteiger partial charge in [0.1, 0.15) is 16.5 Å². The van der Waals surface area contributed by atoms with E-state index in [1.165, 1.54) is 23.5 Å². The second-order valence-corrected chi connectivity index (χ2v) is 8.61. The molecule has 0 amide bonds. The van der Waals surface area contributed by atoms with Gasteiger partial charge in [0, 0.05) is 44.1 Å². The van der Waals surface area contributed by atoms with E-state index in [2.05, 4.69) is 15.2 Å². The van der Waals surface area contributed by atoms with E-state index in [1.54, 1.807) is 12.4 Å². The second kappa shape index (κ2) is 8.33. The number of halogens is 1. The molecule has 0 atom stereocenters. The van der Waals surface area contributed by atoms with Gasteiger partial charge in [0.05, 0.1) is 12.8 Å². The zero-order valence-electron chi connectivity index (χ0n) is 16.3. The van der Waals surface area contributed by atoms with E-state index in [0.29, 0.717) is 24.6 Å². The first-order valence-corrected chi connectivity index (χ1v) is 10.8. The van der Waals surface area contributed by atoms with Gasteiger partial charge in [0.25, 0.3) is 0 Å². The lowest BCUT2D eigenvalue weighted by molar-refractivity contribution is 0.372. The molecule has 8 nitrogen and oxygen atoms in total. The average Bonchev–Trinajstić information content (AvgIpc) is 2.80. The van der Waals surface area contributed by atoms with Crippen molar-refractivity contribution in [3.05, 3.63) is 60.7 Å². The van der Waals surface area contributed by atoms with Crippen LogP contribution in [0.25, 0.3) is 11.3 Å². The highest BCUT2D eigenvalue weighted by atomic mass is 32.2. The van der Waals surface area contributed by atoms with E-state index in [0.717, 1.165) is 11.6 Å². The van der Waals surface area contributed by atoms with Crippen molar-refractivity contribution in [2.75, 3.05) is 38.2 Å². The van der Waals surface area contributed by atoms with Gasteiger partial charge in [-0.15, -0.1) is 10.2 Å². The van der Waals surface area contributed by atoms with Crippen molar-refractivity contribution in [3.8, 4) is 17.0 Å². The van der Waals surface area contributed by atoms with E-state index in [1.807, 2.05) is 29.2 Å². The number of anilines is 1. The first-order valence-electron chi connectivity index (χ1n) is 9.32. The average molecular weight is 429 g/mol. The summed E-state index contributed by atoms with van der Waals surface area (Å²) in [6.07, 6.45) is 3.41. The molecule has 4 rings (SSSR count). The Morgan fingerprint density at radius 2 is 1.83 bits per heavy atom. The molecule has 0 radical (unpaired) electrons. The Bertz CT molecular complexity index is 1120. The van der Waals surface area contributed by atoms with E-state index in [-0.39, 0.29) is 23.7 Å². The van der Waals surface area contributed by atoms with Gasteiger partial charge in [0.15, 0.2) is 5.82 Å². The van der Waals surface area contributed by atoms with Crippen LogP contribution < -0.4 is 9.64 Å². The van der Waals surface area contributed by atoms with Crippen molar-refractivity contribution in [1.29, 1.82) is 0 Å². The maximum absolute atomic E-state index is 13.7. The molecule has 1 fully saturated rings. The van der Waals surface area contributed by atoms with Crippen LogP contribution in [0, 0.1) is 5.82 Å². The minimum Gasteiger partial charge on any atom is -0.495 e. The molecule has 3 aromatic rings. The van der Waals surface area contributed by atoms with E-state index < -0.39 is 15.8 Å². The molecule has 30 heavy (non-hydrogen) atoms. The Morgan fingerprint density at radius 1 is 1.03 bits per heavy atom. The number of hydrogen-bond donors (Lipinski definition) is 0. The minimum absolute atomic E-state index is 0.121. The first kappa shape index (κ1) is 20.2. The smallest absolute Gasteiger partial charge is 0.246 e. The molecule has 2 aromatic heterocycles. The van der Waals surface area contributed by atoms with Gasteiger partial charge < -0.3 is 9.64 Å². The number of sulfonamides is 1. The summed E-state index contributed by atoms with van der Waals surface area (Å²) in [6.45, 7) is 1.37. The van der Waals surface area contributed by atoms with Crippen molar-refractivity contribution in [2.24, 2.45) is 0 Å². The van der Waals surface area contributed by atoms with Gasteiger partial charge in [-0.25, -0.2) is 12.8 Å². The summed E-state index contributed by atoms with van der Waals surface area (Å²) in [7, 11) is -2.52. The third-order valence-corrected chi connectivity index (χ3v) is 6.83. The van der Waals surface area contributed by atoms with Crippen molar-refractivity contribution in [2.45, 2.75) is 4.90 Å². The Hall–Kier alpha value is -3.11. The predicted molar refractivity (Wildman–Crippen MR) is 109 cm³/mol. The third kappa shape index (κ3) is 3.96. The highest BCUT2D eigenvalue weighted by Crippen LogP contribution is 2.28. The van der Waals surface area contributed by atoms with Crippen LogP contribution in [0.2, 0.25) is 0 Å². The Balaban J connectivity index is 1.47. The predicted octanol–water partition coefficient (Wildman–Crippen LogP) is 2.20. The molecule has 0 N–H and O–H groups in total. The molecular weight excluding hydrogens is 409 g/mol. The summed E-state index contributed by atoms with van der Waals surface area (Å²) in [5, 5.41) is 8.52. The number of benzene rings is 1. The molecule has 3 heterocycles. The topological polar surface area (TPSA) is 88.5 Å². The highest BCUT2D eigenvalue weighted by molar-refractivity contribution is 7.89. The lowest BCUT2D eigenvalue weighted by Crippen LogP contribution is -2.49. The van der Waals surface area contributed by atoms with Crippen LogP contribution in [0.1, 0.15) is 0 Å². The fourth-order valence-electron chi connectivity index (χ4n) is 3.31. The summed E-state index contributed by atoms with van der Waals surface area (Å²) in [4.78, 5) is 5.87. The van der Waals surface area contributed by atoms with Crippen molar-refractivity contribution in [3.63, 3.8) is 0 Å². The van der Waals surface area contributed by atoms with Crippen LogP contribution in [0.3, 0.4) is 0 Å². The van der Waals surface area contributed by atoms with Gasteiger partial charge >= 0.3 is 0 Å². The number of piperazine rings is 1. The molecule has 10 heteroatoms. The molecule has 0 bridgehead atoms. The molecule has 1 aliphatic rings. The summed E-state index contributed by atoms with van der Waals surface area (Å²) >= 11 is 0. The zero-order chi connectivity index (χ0) is 21.1. The normalized spacial score (nSPS) is 15.2. The highest BCUT2D eigenvalue weighted by Gasteiger charge is 2.31. The van der Waals surface area contributed by atoms with Gasteiger partial charge in [-0.05, 0) is 42.5 Å². The Morgan fingerprint density at radius 3 is 2.47 bits per heavy atom. The molecule has 1 aromatic carbocycles. The first-order chi connectivity index (χ1) is 14.5. The number of hydrogen-bond acceptors (Lipinski definition) is 7. The maximum atomic E-state index is 13.7. The standard InChI is InChI=1S/C20H20FN5O3S/c1-29-18-6-4-16(21)13-19(18)30(27,28)26-11-9-25(10-12-26)20-7-5-17(23-24-20)15-3-2-8-22-14-15/h2-8,13-14H,9-12H2,1H3. The summed E-state index contributed by atoms with van der Waals surface area (Å²) in [6, 6.07) is 10.9. The fourth-order valence-corrected chi connectivity index (χ4v) is 4.90. The van der Waals surface area contributed by atoms with Crippen LogP contribution in [0.5, 0.6) is 5.75 Å². The van der Waals surface area contributed by atoms with Crippen LogP contribution in [0.15, 0.2) is 59.8 Å². The SMILES string of the molecule is COc1ccc(F)cc1S(=O)(=O)N1CCN(c2ccc(-c3cccnc3)nn2)CC1. The minimum atomic E-state index is -3.88. The number of aromatic nitrogens is 3. The second-order valence-electron chi connectivity index (χ2n) is 6.70. The van der Waals surface area contributed by atoms with Crippen LogP contribution in [-0.2, 0) is 10.0 Å². The Labute approximate surface area is 174 Å². The quantitative estimate of drug-likeness (QED) is 0.614. The summed E-state index contributed by atoms with van der Waals surface area (Å²) in [5.74, 6) is 0.163. The van der Waals surface area contributed by atoms with Crippen LogP contribution >= 0.6 is 0 Å². The van der Waals surface area contributed by atoms with Crippen molar-refractivity contribution < 1.29 is 17.5 Å². The molecular formula is C20H20FN5O3S. The van der Waals surface area contributed by atoms with Gasteiger partial charge in [-0.3, -0.25) is 4.98 Å². The molecule has 0 unspecified atom stereocenters. The zero-order valence-corrected chi connectivity index (χ0v) is 17.1. The molecule has 156 valence electrons. The van der Waals surface area contributed by atoms with E-state index >= 15 is 0 Å². The number of pyridine rings is 1. The lowest BCUT2D eigenvalue weighted by Gasteiger charge is -2.34. The molecule has 1 saturated heterocycles. The molecule has 0 saturated carbocycles. The monoisotopic (exact) mass is 429 g/mol. The van der Waals surface area contributed by atoms with E-state index in [9.17, 15) is 12.8 Å². The summed E-state index contributed by atoms with van der Waals surface area (Å²) in [5.41, 5.74) is 1.59. The lowest BCUT2D eigenvalue weighted by atomic mass is 10.2. The number of methoxy groups -OCH3 is 1. The van der Waals surface area contributed by atoms with Gasteiger partial charge in [0.2, 0.25) is 10.0 Å². The molecule has 0 aliphatic carbocycles. The maximum Gasteiger partial charge on any atom is 0.246 e. The largest absolute Gasteiger partial charge is 0.495 e. The number of ether oxygens (including phenoxy) is 1. The van der Waals surface area contributed by atoms with Gasteiger partial charge in [-0.2, -0.15) is 4.31 Å².